The van der Waals surface area contributed by atoms with Crippen molar-refractivity contribution in [3.63, 3.8) is 0 Å². The molecule has 7 nitrogen and oxygen atoms in total. The van der Waals surface area contributed by atoms with Gasteiger partial charge in [-0.25, -0.2) is 9.97 Å². The quantitative estimate of drug-likeness (QED) is 0.530. The minimum absolute atomic E-state index is 0.264. The van der Waals surface area contributed by atoms with Crippen molar-refractivity contribution in [3.8, 4) is 10.6 Å². The fraction of sp³-hybridized carbons (Fsp3) is 0.250. The molecule has 28 heavy (non-hydrogen) atoms. The molecular formula is C20H20N4O3S. The Morgan fingerprint density at radius 2 is 2.07 bits per heavy atom. The zero-order chi connectivity index (χ0) is 19.9. The Bertz CT molecular complexity index is 1150. The van der Waals surface area contributed by atoms with Gasteiger partial charge in [-0.2, -0.15) is 0 Å². The monoisotopic (exact) mass is 396 g/mol. The lowest BCUT2D eigenvalue weighted by Gasteiger charge is -2.20. The van der Waals surface area contributed by atoms with Crippen molar-refractivity contribution in [2.24, 2.45) is 0 Å². The Morgan fingerprint density at radius 1 is 1.29 bits per heavy atom. The molecule has 2 N–H and O–H groups in total. The molecule has 0 aliphatic carbocycles. The summed E-state index contributed by atoms with van der Waals surface area (Å²) in [6, 6.07) is 11.2. The number of carbonyl (C=O) groups excluding carboxylic acids is 1. The Balaban J connectivity index is 1.63. The fourth-order valence-corrected chi connectivity index (χ4v) is 3.80. The van der Waals surface area contributed by atoms with Crippen LogP contribution in [0.2, 0.25) is 0 Å². The molecule has 3 aromatic heterocycles. The van der Waals surface area contributed by atoms with Crippen LogP contribution in [-0.2, 0) is 6.54 Å². The number of imidazole rings is 1. The molecule has 144 valence electrons. The number of aromatic nitrogens is 3. The number of benzene rings is 1. The SMILES string of the molecule is Cc1ncc(-c2ccc(C(=O)Nc3nc4ccccc4n3CC(C)(C)O)s2)o1. The Hall–Kier alpha value is -2.97. The van der Waals surface area contributed by atoms with E-state index in [0.717, 1.165) is 15.9 Å². The van der Waals surface area contributed by atoms with Gasteiger partial charge in [-0.3, -0.25) is 10.1 Å². The van der Waals surface area contributed by atoms with Crippen molar-refractivity contribution < 1.29 is 14.3 Å². The third kappa shape index (κ3) is 3.69. The minimum Gasteiger partial charge on any atom is -0.440 e. The standard InChI is InChI=1S/C20H20N4O3S/c1-12-21-10-15(27-12)16-8-9-17(28-16)18(25)23-19-22-13-6-4-5-7-14(13)24(19)11-20(2,3)26/h4-10,26H,11H2,1-3H3,(H,22,23,25). The highest BCUT2D eigenvalue weighted by molar-refractivity contribution is 7.17. The van der Waals surface area contributed by atoms with E-state index in [1.54, 1.807) is 33.0 Å². The number of aryl methyl sites for hydroxylation is 1. The first-order chi connectivity index (χ1) is 13.3. The highest BCUT2D eigenvalue weighted by Crippen LogP contribution is 2.29. The third-order valence-corrected chi connectivity index (χ3v) is 5.22. The average molecular weight is 396 g/mol. The largest absolute Gasteiger partial charge is 0.440 e. The van der Waals surface area contributed by atoms with Gasteiger partial charge >= 0.3 is 0 Å². The number of fused-ring (bicyclic) bond motifs is 1. The number of oxazole rings is 1. The fourth-order valence-electron chi connectivity index (χ4n) is 2.95. The van der Waals surface area contributed by atoms with Crippen molar-refractivity contribution >= 4 is 34.2 Å². The number of para-hydroxylation sites is 2. The number of nitrogens with zero attached hydrogens (tertiary/aromatic N) is 3. The van der Waals surface area contributed by atoms with E-state index in [2.05, 4.69) is 15.3 Å². The van der Waals surface area contributed by atoms with Gasteiger partial charge in [-0.15, -0.1) is 11.3 Å². The Morgan fingerprint density at radius 3 is 2.79 bits per heavy atom. The molecule has 0 atom stereocenters. The van der Waals surface area contributed by atoms with E-state index >= 15 is 0 Å². The number of rotatable bonds is 5. The first kappa shape index (κ1) is 18.4. The van der Waals surface area contributed by atoms with Gasteiger partial charge in [-0.05, 0) is 38.1 Å². The van der Waals surface area contributed by atoms with Gasteiger partial charge in [-0.1, -0.05) is 12.1 Å². The highest BCUT2D eigenvalue weighted by atomic mass is 32.1. The van der Waals surface area contributed by atoms with Crippen LogP contribution in [0.1, 0.15) is 29.4 Å². The van der Waals surface area contributed by atoms with Crippen molar-refractivity contribution in [2.75, 3.05) is 5.32 Å². The van der Waals surface area contributed by atoms with Gasteiger partial charge in [0, 0.05) is 6.92 Å². The van der Waals surface area contributed by atoms with Crippen LogP contribution >= 0.6 is 11.3 Å². The Labute approximate surface area is 165 Å². The first-order valence-corrected chi connectivity index (χ1v) is 9.63. The molecule has 0 aliphatic rings. The summed E-state index contributed by atoms with van der Waals surface area (Å²) in [5, 5.41) is 13.2. The summed E-state index contributed by atoms with van der Waals surface area (Å²) in [5.74, 6) is 1.35. The maximum absolute atomic E-state index is 12.8. The molecule has 0 fully saturated rings. The second-order valence-corrected chi connectivity index (χ2v) is 8.27. The van der Waals surface area contributed by atoms with E-state index in [4.69, 9.17) is 4.42 Å². The number of aliphatic hydroxyl groups is 1. The van der Waals surface area contributed by atoms with Crippen molar-refractivity contribution in [1.82, 2.24) is 14.5 Å². The lowest BCUT2D eigenvalue weighted by molar-refractivity contribution is 0.0630. The summed E-state index contributed by atoms with van der Waals surface area (Å²) >= 11 is 1.32. The molecule has 0 unspecified atom stereocenters. The molecule has 0 aliphatic heterocycles. The van der Waals surface area contributed by atoms with Gasteiger partial charge in [0.1, 0.15) is 0 Å². The topological polar surface area (TPSA) is 93.2 Å². The van der Waals surface area contributed by atoms with Crippen LogP contribution in [0.3, 0.4) is 0 Å². The van der Waals surface area contributed by atoms with Crippen LogP contribution in [0.5, 0.6) is 0 Å². The van der Waals surface area contributed by atoms with E-state index in [9.17, 15) is 9.90 Å². The number of hydrogen-bond acceptors (Lipinski definition) is 6. The lowest BCUT2D eigenvalue weighted by Crippen LogP contribution is -2.27. The second-order valence-electron chi connectivity index (χ2n) is 7.18. The van der Waals surface area contributed by atoms with Crippen molar-refractivity contribution in [2.45, 2.75) is 32.9 Å². The molecule has 4 rings (SSSR count). The van der Waals surface area contributed by atoms with Crippen molar-refractivity contribution in [3.05, 3.63) is 53.4 Å². The molecular weight excluding hydrogens is 376 g/mol. The maximum atomic E-state index is 12.8. The van der Waals surface area contributed by atoms with Gasteiger partial charge < -0.3 is 14.1 Å². The molecule has 1 amide bonds. The highest BCUT2D eigenvalue weighted by Gasteiger charge is 2.21. The summed E-state index contributed by atoms with van der Waals surface area (Å²) in [6.07, 6.45) is 1.64. The number of carbonyl (C=O) groups is 1. The normalized spacial score (nSPS) is 11.9. The van der Waals surface area contributed by atoms with E-state index in [-0.39, 0.29) is 5.91 Å². The second kappa shape index (κ2) is 6.88. The van der Waals surface area contributed by atoms with Crippen LogP contribution in [-0.4, -0.2) is 31.1 Å². The van der Waals surface area contributed by atoms with Crippen LogP contribution < -0.4 is 5.32 Å². The lowest BCUT2D eigenvalue weighted by atomic mass is 10.1. The summed E-state index contributed by atoms with van der Waals surface area (Å²) in [5.41, 5.74) is 0.651. The molecule has 4 aromatic rings. The zero-order valence-electron chi connectivity index (χ0n) is 15.8. The van der Waals surface area contributed by atoms with Gasteiger partial charge in [0.2, 0.25) is 5.95 Å². The molecule has 0 spiro atoms. The summed E-state index contributed by atoms with van der Waals surface area (Å²) < 4.78 is 7.34. The summed E-state index contributed by atoms with van der Waals surface area (Å²) in [4.78, 5) is 22.8. The zero-order valence-corrected chi connectivity index (χ0v) is 16.6. The predicted molar refractivity (Wildman–Crippen MR) is 109 cm³/mol. The summed E-state index contributed by atoms with van der Waals surface area (Å²) in [6.45, 7) is 5.52. The maximum Gasteiger partial charge on any atom is 0.268 e. The molecule has 0 radical (unpaired) electrons. The van der Waals surface area contributed by atoms with Crippen LogP contribution in [0.4, 0.5) is 5.95 Å². The van der Waals surface area contributed by atoms with Crippen LogP contribution in [0.15, 0.2) is 47.0 Å². The van der Waals surface area contributed by atoms with E-state index < -0.39 is 5.60 Å². The minimum atomic E-state index is -0.955. The first-order valence-electron chi connectivity index (χ1n) is 8.82. The van der Waals surface area contributed by atoms with Crippen LogP contribution in [0.25, 0.3) is 21.7 Å². The Kier molecular flexibility index (Phi) is 4.52. The molecule has 8 heteroatoms. The molecule has 3 heterocycles. The number of nitrogens with one attached hydrogen (secondary N) is 1. The van der Waals surface area contributed by atoms with Gasteiger partial charge in [0.25, 0.3) is 5.91 Å². The molecule has 0 saturated heterocycles. The van der Waals surface area contributed by atoms with Crippen LogP contribution in [0, 0.1) is 6.92 Å². The average Bonchev–Trinajstić information content (AvgIpc) is 3.33. The van der Waals surface area contributed by atoms with E-state index in [0.29, 0.717) is 29.0 Å². The number of anilines is 1. The van der Waals surface area contributed by atoms with E-state index in [1.165, 1.54) is 11.3 Å². The predicted octanol–water partition coefficient (Wildman–Crippen LogP) is 4.08. The number of thiophene rings is 1. The number of amides is 1. The van der Waals surface area contributed by atoms with E-state index in [1.807, 2.05) is 34.9 Å². The smallest absolute Gasteiger partial charge is 0.268 e. The molecule has 0 bridgehead atoms. The molecule has 0 saturated carbocycles. The third-order valence-electron chi connectivity index (χ3n) is 4.12. The van der Waals surface area contributed by atoms with Gasteiger partial charge in [0.05, 0.1) is 39.1 Å². The van der Waals surface area contributed by atoms with Gasteiger partial charge in [0.15, 0.2) is 11.7 Å². The number of hydrogen-bond donors (Lipinski definition) is 2. The van der Waals surface area contributed by atoms with Crippen molar-refractivity contribution in [1.29, 1.82) is 0 Å². The molecule has 1 aromatic carbocycles. The summed E-state index contributed by atoms with van der Waals surface area (Å²) in [7, 11) is 0.